The van der Waals surface area contributed by atoms with Crippen LogP contribution in [0.1, 0.15) is 22.3 Å². The SMILES string of the molecule is Cc1cc(OC(=O)c2cccc(N3C(=O)[C@@H]4[C@H]5C=C[C@@H]([C@@H]6C[C@H]56)[C@H]4C3=O)c2)cc2oc(=O)ccc12. The van der Waals surface area contributed by atoms with Crippen molar-refractivity contribution >= 4 is 34.4 Å². The normalized spacial score (nSPS) is 29.9. The third-order valence-corrected chi connectivity index (χ3v) is 8.13. The molecule has 35 heavy (non-hydrogen) atoms. The van der Waals surface area contributed by atoms with Gasteiger partial charge in [0.25, 0.3) is 0 Å². The fourth-order valence-electron chi connectivity index (χ4n) is 6.53. The van der Waals surface area contributed by atoms with Gasteiger partial charge >= 0.3 is 11.6 Å². The smallest absolute Gasteiger partial charge is 0.343 e. The third-order valence-electron chi connectivity index (χ3n) is 8.13. The van der Waals surface area contributed by atoms with E-state index in [2.05, 4.69) is 12.2 Å². The maximum atomic E-state index is 13.4. The van der Waals surface area contributed by atoms with Gasteiger partial charge in [-0.1, -0.05) is 18.2 Å². The lowest BCUT2D eigenvalue weighted by Crippen LogP contribution is -2.40. The number of ether oxygens (including phenoxy) is 1. The first-order valence-electron chi connectivity index (χ1n) is 11.8. The molecule has 3 aromatic rings. The number of hydrogen-bond acceptors (Lipinski definition) is 6. The molecule has 2 saturated carbocycles. The average Bonchev–Trinajstić information content (AvgIpc) is 3.62. The summed E-state index contributed by atoms with van der Waals surface area (Å²) in [5.41, 5.74) is 1.23. The molecule has 1 aliphatic heterocycles. The number of anilines is 1. The van der Waals surface area contributed by atoms with Gasteiger partial charge in [-0.05, 0) is 72.9 Å². The molecule has 3 fully saturated rings. The number of allylic oxidation sites excluding steroid dienone is 2. The second kappa shape index (κ2) is 7.01. The molecule has 1 aromatic heterocycles. The number of hydrogen-bond donors (Lipinski definition) is 0. The molecule has 2 aromatic carbocycles. The van der Waals surface area contributed by atoms with Gasteiger partial charge in [0.05, 0.1) is 23.1 Å². The Balaban J connectivity index is 1.17. The first-order chi connectivity index (χ1) is 16.9. The van der Waals surface area contributed by atoms with Gasteiger partial charge in [0, 0.05) is 17.5 Å². The summed E-state index contributed by atoms with van der Waals surface area (Å²) in [6.07, 6.45) is 5.38. The number of esters is 1. The number of rotatable bonds is 3. The van der Waals surface area contributed by atoms with E-state index in [1.807, 2.05) is 6.92 Å². The maximum Gasteiger partial charge on any atom is 0.343 e. The van der Waals surface area contributed by atoms with Gasteiger partial charge in [0.2, 0.25) is 11.8 Å². The summed E-state index contributed by atoms with van der Waals surface area (Å²) in [4.78, 5) is 52.6. The van der Waals surface area contributed by atoms with E-state index < -0.39 is 11.6 Å². The fraction of sp³-hybridized carbons (Fsp3) is 0.286. The van der Waals surface area contributed by atoms with Gasteiger partial charge < -0.3 is 9.15 Å². The molecule has 7 heteroatoms. The van der Waals surface area contributed by atoms with Gasteiger partial charge in [0.15, 0.2) is 0 Å². The van der Waals surface area contributed by atoms with Crippen LogP contribution in [-0.2, 0) is 9.59 Å². The fourth-order valence-corrected chi connectivity index (χ4v) is 6.53. The Hall–Kier alpha value is -4.00. The van der Waals surface area contributed by atoms with Crippen LogP contribution in [0.15, 0.2) is 69.9 Å². The predicted octanol–water partition coefficient (Wildman–Crippen LogP) is 3.88. The molecule has 1 saturated heterocycles. The Kier molecular flexibility index (Phi) is 4.08. The molecule has 7 nitrogen and oxygen atoms in total. The van der Waals surface area contributed by atoms with Crippen LogP contribution < -0.4 is 15.3 Å². The Bertz CT molecular complexity index is 1510. The highest BCUT2D eigenvalue weighted by atomic mass is 16.5. The highest BCUT2D eigenvalue weighted by Gasteiger charge is 2.67. The number of fused-ring (bicyclic) bond motifs is 1. The maximum absolute atomic E-state index is 13.4. The summed E-state index contributed by atoms with van der Waals surface area (Å²) < 4.78 is 10.8. The number of imide groups is 1. The third kappa shape index (κ3) is 2.90. The van der Waals surface area contributed by atoms with Crippen molar-refractivity contribution in [3.8, 4) is 5.75 Å². The zero-order valence-electron chi connectivity index (χ0n) is 18.8. The van der Waals surface area contributed by atoms with Crippen molar-refractivity contribution in [2.45, 2.75) is 13.3 Å². The standard InChI is InChI=1S/C28H21NO6/c1-13-9-16(11-22-17(13)7-8-23(30)35-22)34-28(33)14-3-2-4-15(10-14)29-26(31)24-18-5-6-19(21-12-20(18)21)25(24)27(29)32/h2-11,18-21,24-25H,12H2,1H3/t18-,19-,20-,21+,24+,25+/m0/s1. The Morgan fingerprint density at radius 1 is 0.943 bits per heavy atom. The molecule has 2 heterocycles. The highest BCUT2D eigenvalue weighted by molar-refractivity contribution is 6.23. The summed E-state index contributed by atoms with van der Waals surface area (Å²) in [6, 6.07) is 12.6. The molecular weight excluding hydrogens is 446 g/mol. The van der Waals surface area contributed by atoms with Crippen LogP contribution in [0.25, 0.3) is 11.0 Å². The van der Waals surface area contributed by atoms with Crippen molar-refractivity contribution in [3.05, 3.63) is 82.2 Å². The molecule has 6 atom stereocenters. The molecule has 4 aliphatic carbocycles. The Morgan fingerprint density at radius 2 is 1.66 bits per heavy atom. The van der Waals surface area contributed by atoms with Gasteiger partial charge in [0.1, 0.15) is 11.3 Å². The zero-order chi connectivity index (χ0) is 24.0. The van der Waals surface area contributed by atoms with Gasteiger partial charge in [-0.3, -0.25) is 9.59 Å². The molecule has 0 radical (unpaired) electrons. The number of aryl methyl sites for hydroxylation is 1. The van der Waals surface area contributed by atoms with Crippen LogP contribution in [0.3, 0.4) is 0 Å². The van der Waals surface area contributed by atoms with E-state index in [9.17, 15) is 19.2 Å². The molecule has 174 valence electrons. The molecule has 2 amide bonds. The van der Waals surface area contributed by atoms with Crippen molar-refractivity contribution in [1.29, 1.82) is 0 Å². The summed E-state index contributed by atoms with van der Waals surface area (Å²) in [5, 5.41) is 0.750. The molecule has 5 aliphatic rings. The van der Waals surface area contributed by atoms with Crippen LogP contribution in [0.2, 0.25) is 0 Å². The van der Waals surface area contributed by atoms with Gasteiger partial charge in [-0.25, -0.2) is 14.5 Å². The number of benzene rings is 2. The number of carbonyl (C=O) groups is 3. The largest absolute Gasteiger partial charge is 0.423 e. The van der Waals surface area contributed by atoms with E-state index in [0.29, 0.717) is 23.1 Å². The topological polar surface area (TPSA) is 93.9 Å². The number of carbonyl (C=O) groups excluding carboxylic acids is 3. The van der Waals surface area contributed by atoms with Crippen LogP contribution in [0.4, 0.5) is 5.69 Å². The predicted molar refractivity (Wildman–Crippen MR) is 126 cm³/mol. The van der Waals surface area contributed by atoms with Gasteiger partial charge in [-0.15, -0.1) is 0 Å². The molecule has 0 N–H and O–H groups in total. The monoisotopic (exact) mass is 467 g/mol. The Labute approximate surface area is 200 Å². The van der Waals surface area contributed by atoms with Crippen LogP contribution in [0, 0.1) is 42.4 Å². The quantitative estimate of drug-likeness (QED) is 0.191. The van der Waals surface area contributed by atoms with E-state index in [-0.39, 0.29) is 46.8 Å². The first-order valence-corrected chi connectivity index (χ1v) is 11.8. The van der Waals surface area contributed by atoms with E-state index in [0.717, 1.165) is 17.4 Å². The average molecular weight is 467 g/mol. The first kappa shape index (κ1) is 20.4. The second-order valence-electron chi connectivity index (χ2n) is 10.0. The molecule has 8 rings (SSSR count). The molecule has 2 bridgehead atoms. The van der Waals surface area contributed by atoms with E-state index in [4.69, 9.17) is 9.15 Å². The van der Waals surface area contributed by atoms with E-state index >= 15 is 0 Å². The molecule has 0 unspecified atom stereocenters. The number of nitrogens with zero attached hydrogens (tertiary/aromatic N) is 1. The lowest BCUT2D eigenvalue weighted by Gasteiger charge is -2.37. The van der Waals surface area contributed by atoms with E-state index in [1.54, 1.807) is 30.3 Å². The minimum absolute atomic E-state index is 0.140. The number of amides is 2. The highest BCUT2D eigenvalue weighted by Crippen LogP contribution is 2.65. The lowest BCUT2D eigenvalue weighted by atomic mass is 9.63. The summed E-state index contributed by atoms with van der Waals surface area (Å²) in [5.74, 6) is -0.00546. The lowest BCUT2D eigenvalue weighted by molar-refractivity contribution is -0.124. The van der Waals surface area contributed by atoms with Crippen molar-refractivity contribution in [3.63, 3.8) is 0 Å². The Morgan fingerprint density at radius 3 is 2.37 bits per heavy atom. The van der Waals surface area contributed by atoms with Crippen molar-refractivity contribution in [1.82, 2.24) is 0 Å². The minimum atomic E-state index is -0.636. The van der Waals surface area contributed by atoms with Crippen molar-refractivity contribution < 1.29 is 23.5 Å². The van der Waals surface area contributed by atoms with Crippen LogP contribution in [0.5, 0.6) is 5.75 Å². The molecular formula is C28H21NO6. The van der Waals surface area contributed by atoms with Gasteiger partial charge in [-0.2, -0.15) is 0 Å². The summed E-state index contributed by atoms with van der Waals surface area (Å²) in [7, 11) is 0. The van der Waals surface area contributed by atoms with Crippen molar-refractivity contribution in [2.75, 3.05) is 4.90 Å². The van der Waals surface area contributed by atoms with Crippen LogP contribution >= 0.6 is 0 Å². The van der Waals surface area contributed by atoms with E-state index in [1.165, 1.54) is 23.1 Å². The molecule has 0 spiro atoms. The van der Waals surface area contributed by atoms with Crippen molar-refractivity contribution in [2.24, 2.45) is 35.5 Å². The minimum Gasteiger partial charge on any atom is -0.423 e. The van der Waals surface area contributed by atoms with Crippen LogP contribution in [-0.4, -0.2) is 17.8 Å². The second-order valence-corrected chi connectivity index (χ2v) is 10.0. The zero-order valence-corrected chi connectivity index (χ0v) is 18.8. The summed E-state index contributed by atoms with van der Waals surface area (Å²) >= 11 is 0. The summed E-state index contributed by atoms with van der Waals surface area (Å²) in [6.45, 7) is 1.83.